The van der Waals surface area contributed by atoms with Crippen molar-refractivity contribution in [3.05, 3.63) is 94.5 Å². The molecule has 0 aliphatic carbocycles. The van der Waals surface area contributed by atoms with E-state index in [0.29, 0.717) is 23.3 Å². The van der Waals surface area contributed by atoms with E-state index in [-0.39, 0.29) is 12.2 Å². The van der Waals surface area contributed by atoms with Crippen LogP contribution in [0, 0.1) is 0 Å². The van der Waals surface area contributed by atoms with Gasteiger partial charge in [0, 0.05) is 23.5 Å². The van der Waals surface area contributed by atoms with Crippen LogP contribution in [0.1, 0.15) is 16.7 Å². The quantitative estimate of drug-likeness (QED) is 0.551. The Labute approximate surface area is 167 Å². The van der Waals surface area contributed by atoms with Crippen LogP contribution in [-0.4, -0.2) is 26.4 Å². The van der Waals surface area contributed by atoms with Crippen molar-refractivity contribution in [2.75, 3.05) is 7.11 Å². The zero-order valence-electron chi connectivity index (χ0n) is 16.1. The largest absolute Gasteiger partial charge is 0.497 e. The minimum absolute atomic E-state index is 0.198. The van der Waals surface area contributed by atoms with Crippen molar-refractivity contribution in [2.24, 2.45) is 0 Å². The van der Waals surface area contributed by atoms with Gasteiger partial charge in [-0.25, -0.2) is 4.52 Å². The maximum atomic E-state index is 13.1. The van der Waals surface area contributed by atoms with Crippen LogP contribution in [0.25, 0.3) is 22.9 Å². The first-order valence-electron chi connectivity index (χ1n) is 9.22. The minimum atomic E-state index is -0.280. The van der Waals surface area contributed by atoms with E-state index in [1.165, 1.54) is 4.52 Å². The van der Waals surface area contributed by atoms with Crippen molar-refractivity contribution in [1.29, 1.82) is 0 Å². The van der Waals surface area contributed by atoms with E-state index in [2.05, 4.69) is 11.7 Å². The number of methoxy groups -OCH3 is 1. The van der Waals surface area contributed by atoms with Crippen molar-refractivity contribution >= 4 is 11.6 Å². The van der Waals surface area contributed by atoms with Crippen molar-refractivity contribution in [3.8, 4) is 17.0 Å². The second-order valence-electron chi connectivity index (χ2n) is 6.68. The predicted molar refractivity (Wildman–Crippen MR) is 113 cm³/mol. The third-order valence-electron chi connectivity index (χ3n) is 4.95. The van der Waals surface area contributed by atoms with E-state index in [1.54, 1.807) is 30.1 Å². The standard InChI is InChI=1S/C23H21N3O3/c1-3-16-4-6-17(7-5-16)14-25-12-13-26-22(23(25)28)20(15-27)21(24-26)18-8-10-19(29-2)11-9-18/h3-13,27H,1,14-15H2,2H3. The highest BCUT2D eigenvalue weighted by Crippen LogP contribution is 2.26. The van der Waals surface area contributed by atoms with E-state index in [4.69, 9.17) is 4.74 Å². The number of hydrogen-bond donors (Lipinski definition) is 1. The first-order chi connectivity index (χ1) is 14.1. The van der Waals surface area contributed by atoms with Crippen molar-refractivity contribution in [1.82, 2.24) is 14.2 Å². The molecule has 0 saturated carbocycles. The number of rotatable bonds is 6. The Morgan fingerprint density at radius 3 is 2.45 bits per heavy atom. The summed E-state index contributed by atoms with van der Waals surface area (Å²) in [6, 6.07) is 15.2. The van der Waals surface area contributed by atoms with E-state index in [9.17, 15) is 9.90 Å². The van der Waals surface area contributed by atoms with Crippen LogP contribution in [0.2, 0.25) is 0 Å². The lowest BCUT2D eigenvalue weighted by Crippen LogP contribution is -2.22. The van der Waals surface area contributed by atoms with Gasteiger partial charge in [0.05, 0.1) is 26.0 Å². The van der Waals surface area contributed by atoms with E-state index in [1.807, 2.05) is 48.5 Å². The van der Waals surface area contributed by atoms with Gasteiger partial charge < -0.3 is 14.4 Å². The summed E-state index contributed by atoms with van der Waals surface area (Å²) in [4.78, 5) is 13.1. The van der Waals surface area contributed by atoms with Gasteiger partial charge in [-0.05, 0) is 35.4 Å². The third kappa shape index (κ3) is 3.46. The molecule has 29 heavy (non-hydrogen) atoms. The summed E-state index contributed by atoms with van der Waals surface area (Å²) in [5, 5.41) is 14.5. The number of hydrogen-bond acceptors (Lipinski definition) is 4. The Morgan fingerprint density at radius 1 is 1.10 bits per heavy atom. The van der Waals surface area contributed by atoms with Crippen LogP contribution >= 0.6 is 0 Å². The molecule has 0 fully saturated rings. The van der Waals surface area contributed by atoms with Gasteiger partial charge in [-0.3, -0.25) is 4.79 Å². The minimum Gasteiger partial charge on any atom is -0.497 e. The van der Waals surface area contributed by atoms with Gasteiger partial charge in [0.25, 0.3) is 5.56 Å². The lowest BCUT2D eigenvalue weighted by Gasteiger charge is -2.07. The second kappa shape index (κ2) is 7.77. The van der Waals surface area contributed by atoms with Crippen LogP contribution in [-0.2, 0) is 13.2 Å². The maximum absolute atomic E-state index is 13.1. The summed E-state index contributed by atoms with van der Waals surface area (Å²) in [5.74, 6) is 0.730. The fourth-order valence-electron chi connectivity index (χ4n) is 3.36. The topological polar surface area (TPSA) is 68.8 Å². The van der Waals surface area contributed by atoms with Gasteiger partial charge >= 0.3 is 0 Å². The monoisotopic (exact) mass is 387 g/mol. The number of fused-ring (bicyclic) bond motifs is 1. The number of ether oxygens (including phenoxy) is 1. The molecule has 0 aliphatic rings. The van der Waals surface area contributed by atoms with Gasteiger partial charge in [0.1, 0.15) is 11.3 Å². The van der Waals surface area contributed by atoms with Crippen LogP contribution in [0.15, 0.2) is 72.3 Å². The molecule has 4 aromatic rings. The van der Waals surface area contributed by atoms with Gasteiger partial charge in [0.2, 0.25) is 0 Å². The normalized spacial score (nSPS) is 11.0. The Hall–Kier alpha value is -3.64. The number of benzene rings is 2. The summed E-state index contributed by atoms with van der Waals surface area (Å²) in [6.07, 6.45) is 5.23. The highest BCUT2D eigenvalue weighted by Gasteiger charge is 2.18. The summed E-state index contributed by atoms with van der Waals surface area (Å²) in [7, 11) is 1.60. The zero-order chi connectivity index (χ0) is 20.4. The Kier molecular flexibility index (Phi) is 5.01. The molecule has 0 atom stereocenters. The summed E-state index contributed by atoms with van der Waals surface area (Å²) >= 11 is 0. The molecule has 0 bridgehead atoms. The number of aromatic nitrogens is 3. The maximum Gasteiger partial charge on any atom is 0.277 e. The summed E-state index contributed by atoms with van der Waals surface area (Å²) in [5.41, 5.74) is 4.11. The Morgan fingerprint density at radius 2 is 1.83 bits per heavy atom. The highest BCUT2D eigenvalue weighted by atomic mass is 16.5. The lowest BCUT2D eigenvalue weighted by molar-refractivity contribution is 0.283. The SMILES string of the molecule is C=Cc1ccc(Cn2ccn3nc(-c4ccc(OC)cc4)c(CO)c3c2=O)cc1. The molecular weight excluding hydrogens is 366 g/mol. The van der Waals surface area contributed by atoms with Crippen LogP contribution in [0.4, 0.5) is 0 Å². The molecule has 1 N–H and O–H groups in total. The summed E-state index contributed by atoms with van der Waals surface area (Å²) in [6.45, 7) is 3.90. The average molecular weight is 387 g/mol. The zero-order valence-corrected chi connectivity index (χ0v) is 16.1. The molecule has 0 unspecified atom stereocenters. The first-order valence-corrected chi connectivity index (χ1v) is 9.22. The molecule has 0 aliphatic heterocycles. The molecule has 0 saturated heterocycles. The van der Waals surface area contributed by atoms with Crippen molar-refractivity contribution in [3.63, 3.8) is 0 Å². The summed E-state index contributed by atoms with van der Waals surface area (Å²) < 4.78 is 8.35. The molecule has 146 valence electrons. The molecule has 6 heteroatoms. The molecule has 2 heterocycles. The van der Waals surface area contributed by atoms with Gasteiger partial charge in [0.15, 0.2) is 0 Å². The molecule has 0 amide bonds. The van der Waals surface area contributed by atoms with Crippen molar-refractivity contribution in [2.45, 2.75) is 13.2 Å². The highest BCUT2D eigenvalue weighted by molar-refractivity contribution is 5.72. The van der Waals surface area contributed by atoms with Crippen molar-refractivity contribution < 1.29 is 9.84 Å². The van der Waals surface area contributed by atoms with E-state index < -0.39 is 0 Å². The fourth-order valence-corrected chi connectivity index (χ4v) is 3.36. The third-order valence-corrected chi connectivity index (χ3v) is 4.95. The van der Waals surface area contributed by atoms with Gasteiger partial charge in [-0.15, -0.1) is 0 Å². The number of nitrogens with zero attached hydrogens (tertiary/aromatic N) is 3. The molecule has 2 aromatic carbocycles. The Balaban J connectivity index is 1.78. The molecular formula is C23H21N3O3. The first kappa shape index (κ1) is 18.7. The number of aliphatic hydroxyl groups is 1. The van der Waals surface area contributed by atoms with E-state index in [0.717, 1.165) is 22.4 Å². The molecule has 4 rings (SSSR count). The van der Waals surface area contributed by atoms with Crippen LogP contribution < -0.4 is 10.3 Å². The van der Waals surface area contributed by atoms with Gasteiger partial charge in [-0.2, -0.15) is 5.10 Å². The van der Waals surface area contributed by atoms with E-state index >= 15 is 0 Å². The molecule has 0 radical (unpaired) electrons. The number of aliphatic hydroxyl groups excluding tert-OH is 1. The smallest absolute Gasteiger partial charge is 0.277 e. The van der Waals surface area contributed by atoms with Crippen LogP contribution in [0.3, 0.4) is 0 Å². The molecule has 6 nitrogen and oxygen atoms in total. The van der Waals surface area contributed by atoms with Gasteiger partial charge in [-0.1, -0.05) is 36.9 Å². The molecule has 2 aromatic heterocycles. The molecule has 0 spiro atoms. The lowest BCUT2D eigenvalue weighted by atomic mass is 10.1. The fraction of sp³-hybridized carbons (Fsp3) is 0.130. The van der Waals surface area contributed by atoms with Crippen LogP contribution in [0.5, 0.6) is 5.75 Å². The second-order valence-corrected chi connectivity index (χ2v) is 6.68. The average Bonchev–Trinajstić information content (AvgIpc) is 3.15. The Bertz CT molecular complexity index is 1220. The predicted octanol–water partition coefficient (Wildman–Crippen LogP) is 3.36.